The Kier molecular flexibility index (Phi) is 4.89. The van der Waals surface area contributed by atoms with Crippen molar-refractivity contribution in [1.29, 1.82) is 0 Å². The molecule has 0 spiro atoms. The van der Waals surface area contributed by atoms with Gasteiger partial charge in [0.15, 0.2) is 0 Å². The van der Waals surface area contributed by atoms with Crippen LogP contribution < -0.4 is 15.8 Å². The molecule has 0 atom stereocenters. The van der Waals surface area contributed by atoms with E-state index in [1.54, 1.807) is 0 Å². The number of amides is 2. The first kappa shape index (κ1) is 14.3. The maximum absolute atomic E-state index is 11.9. The zero-order valence-corrected chi connectivity index (χ0v) is 11.0. The third-order valence-corrected chi connectivity index (χ3v) is 3.10. The van der Waals surface area contributed by atoms with Gasteiger partial charge in [0, 0.05) is 32.0 Å². The van der Waals surface area contributed by atoms with Gasteiger partial charge in [-0.25, -0.2) is 9.78 Å². The number of hydrogen-bond acceptors (Lipinski definition) is 5. The predicted octanol–water partition coefficient (Wildman–Crippen LogP) is 0.695. The highest BCUT2D eigenvalue weighted by Crippen LogP contribution is 2.13. The molecule has 1 aliphatic rings. The molecule has 7 nitrogen and oxygen atoms in total. The van der Waals surface area contributed by atoms with Crippen molar-refractivity contribution in [2.45, 2.75) is 12.8 Å². The van der Waals surface area contributed by atoms with Crippen molar-refractivity contribution >= 4 is 12.0 Å². The van der Waals surface area contributed by atoms with Crippen LogP contribution in [0.5, 0.6) is 5.88 Å². The lowest BCUT2D eigenvalue weighted by atomic mass is 10.0. The lowest BCUT2D eigenvalue weighted by Gasteiger charge is -2.22. The first-order valence-electron chi connectivity index (χ1n) is 6.44. The smallest absolute Gasteiger partial charge is 0.391 e. The number of nitrogens with one attached hydrogen (secondary N) is 1. The van der Waals surface area contributed by atoms with Crippen LogP contribution in [0.3, 0.4) is 0 Å². The Morgan fingerprint density at radius 2 is 2.15 bits per heavy atom. The van der Waals surface area contributed by atoms with Crippen LogP contribution in [0.4, 0.5) is 4.79 Å². The lowest BCUT2D eigenvalue weighted by Crippen LogP contribution is -2.32. The molecule has 1 fully saturated rings. The van der Waals surface area contributed by atoms with Crippen LogP contribution in [0.15, 0.2) is 18.3 Å². The number of carbonyl (C=O) groups excluding carboxylic acids is 2. The minimum atomic E-state index is -0.936. The molecule has 0 saturated carbocycles. The largest absolute Gasteiger partial charge is 0.411 e. The van der Waals surface area contributed by atoms with Crippen LogP contribution in [0, 0.1) is 5.92 Å². The summed E-state index contributed by atoms with van der Waals surface area (Å²) in [7, 11) is 0. The van der Waals surface area contributed by atoms with Crippen molar-refractivity contribution in [2.75, 3.05) is 19.8 Å². The normalized spacial score (nSPS) is 15.6. The SMILES string of the molecule is NC(=O)Oc1ccc(C(=O)NCC2CCOCC2)cn1. The second-order valence-corrected chi connectivity index (χ2v) is 4.57. The number of primary amides is 1. The average Bonchev–Trinajstić information content (AvgIpc) is 2.46. The number of nitrogens with zero attached hydrogens (tertiary/aromatic N) is 1. The topological polar surface area (TPSA) is 104 Å². The second-order valence-electron chi connectivity index (χ2n) is 4.57. The summed E-state index contributed by atoms with van der Waals surface area (Å²) in [4.78, 5) is 26.3. The summed E-state index contributed by atoms with van der Waals surface area (Å²) in [5, 5.41) is 2.86. The van der Waals surface area contributed by atoms with E-state index >= 15 is 0 Å². The van der Waals surface area contributed by atoms with Crippen LogP contribution in [0.1, 0.15) is 23.2 Å². The highest BCUT2D eigenvalue weighted by molar-refractivity contribution is 5.93. The van der Waals surface area contributed by atoms with Gasteiger partial charge in [-0.1, -0.05) is 0 Å². The van der Waals surface area contributed by atoms with Gasteiger partial charge in [-0.05, 0) is 24.8 Å². The van der Waals surface area contributed by atoms with Crippen LogP contribution in [0.2, 0.25) is 0 Å². The molecule has 2 rings (SSSR count). The van der Waals surface area contributed by atoms with Crippen molar-refractivity contribution in [3.05, 3.63) is 23.9 Å². The Bertz CT molecular complexity index is 469. The van der Waals surface area contributed by atoms with Crippen LogP contribution in [0.25, 0.3) is 0 Å². The summed E-state index contributed by atoms with van der Waals surface area (Å²) in [6.07, 6.45) is 2.33. The minimum Gasteiger partial charge on any atom is -0.391 e. The highest BCUT2D eigenvalue weighted by atomic mass is 16.6. The van der Waals surface area contributed by atoms with Gasteiger partial charge in [0.2, 0.25) is 5.88 Å². The van der Waals surface area contributed by atoms with Crippen molar-refractivity contribution in [2.24, 2.45) is 11.7 Å². The van der Waals surface area contributed by atoms with E-state index in [1.807, 2.05) is 0 Å². The summed E-state index contributed by atoms with van der Waals surface area (Å²) < 4.78 is 9.85. The molecule has 3 N–H and O–H groups in total. The van der Waals surface area contributed by atoms with Gasteiger partial charge >= 0.3 is 6.09 Å². The number of carbonyl (C=O) groups is 2. The van der Waals surface area contributed by atoms with E-state index in [1.165, 1.54) is 18.3 Å². The zero-order valence-electron chi connectivity index (χ0n) is 11.0. The third kappa shape index (κ3) is 4.20. The van der Waals surface area contributed by atoms with Gasteiger partial charge in [-0.3, -0.25) is 4.79 Å². The molecule has 20 heavy (non-hydrogen) atoms. The third-order valence-electron chi connectivity index (χ3n) is 3.10. The molecule has 1 aliphatic heterocycles. The Balaban J connectivity index is 1.83. The fourth-order valence-electron chi connectivity index (χ4n) is 1.97. The fraction of sp³-hybridized carbons (Fsp3) is 0.462. The predicted molar refractivity (Wildman–Crippen MR) is 70.3 cm³/mol. The molecule has 1 saturated heterocycles. The molecule has 2 amide bonds. The summed E-state index contributed by atoms with van der Waals surface area (Å²) in [6.45, 7) is 2.13. The Labute approximate surface area is 116 Å². The molecule has 0 aliphatic carbocycles. The quantitative estimate of drug-likeness (QED) is 0.844. The standard InChI is InChI=1S/C13H17N3O4/c14-13(18)20-11-2-1-10(8-15-11)12(17)16-7-9-3-5-19-6-4-9/h1-2,8-9H,3-7H2,(H2,14,18)(H,16,17). The second kappa shape index (κ2) is 6.85. The molecular formula is C13H17N3O4. The Morgan fingerprint density at radius 1 is 1.40 bits per heavy atom. The number of pyridine rings is 1. The maximum atomic E-state index is 11.9. The van der Waals surface area contributed by atoms with Crippen molar-refractivity contribution < 1.29 is 19.1 Å². The molecule has 0 unspecified atom stereocenters. The first-order chi connectivity index (χ1) is 9.65. The number of ether oxygens (including phenoxy) is 2. The molecule has 108 valence electrons. The molecule has 0 bridgehead atoms. The van der Waals surface area contributed by atoms with E-state index in [0.717, 1.165) is 26.1 Å². The van der Waals surface area contributed by atoms with Gasteiger partial charge in [0.1, 0.15) is 0 Å². The van der Waals surface area contributed by atoms with Gasteiger partial charge in [0.25, 0.3) is 5.91 Å². The number of aromatic nitrogens is 1. The van der Waals surface area contributed by atoms with Crippen molar-refractivity contribution in [3.63, 3.8) is 0 Å². The number of hydrogen-bond donors (Lipinski definition) is 2. The average molecular weight is 279 g/mol. The first-order valence-corrected chi connectivity index (χ1v) is 6.44. The van der Waals surface area contributed by atoms with E-state index in [0.29, 0.717) is 18.0 Å². The number of nitrogens with two attached hydrogens (primary N) is 1. The van der Waals surface area contributed by atoms with Gasteiger partial charge in [-0.15, -0.1) is 0 Å². The number of rotatable bonds is 4. The van der Waals surface area contributed by atoms with Crippen molar-refractivity contribution in [1.82, 2.24) is 10.3 Å². The van der Waals surface area contributed by atoms with Gasteiger partial charge in [0.05, 0.1) is 5.56 Å². The summed E-state index contributed by atoms with van der Waals surface area (Å²) >= 11 is 0. The van der Waals surface area contributed by atoms with E-state index < -0.39 is 6.09 Å². The highest BCUT2D eigenvalue weighted by Gasteiger charge is 2.15. The van der Waals surface area contributed by atoms with Crippen LogP contribution in [-0.2, 0) is 4.74 Å². The summed E-state index contributed by atoms with van der Waals surface area (Å²) in [5.74, 6) is 0.325. The van der Waals surface area contributed by atoms with Gasteiger partial charge in [-0.2, -0.15) is 0 Å². The maximum Gasteiger partial charge on any atom is 0.411 e. The lowest BCUT2D eigenvalue weighted by molar-refractivity contribution is 0.0642. The molecule has 0 radical (unpaired) electrons. The van der Waals surface area contributed by atoms with E-state index in [2.05, 4.69) is 15.0 Å². The van der Waals surface area contributed by atoms with Gasteiger partial charge < -0.3 is 20.5 Å². The van der Waals surface area contributed by atoms with Crippen LogP contribution >= 0.6 is 0 Å². The molecule has 1 aromatic rings. The molecule has 7 heteroatoms. The molecule has 1 aromatic heterocycles. The Hall–Kier alpha value is -2.15. The van der Waals surface area contributed by atoms with Crippen LogP contribution in [-0.4, -0.2) is 36.7 Å². The fourth-order valence-corrected chi connectivity index (χ4v) is 1.97. The van der Waals surface area contributed by atoms with E-state index in [-0.39, 0.29) is 11.8 Å². The minimum absolute atomic E-state index is 0.0680. The van der Waals surface area contributed by atoms with E-state index in [9.17, 15) is 9.59 Å². The summed E-state index contributed by atoms with van der Waals surface area (Å²) in [5.41, 5.74) is 5.27. The Morgan fingerprint density at radius 3 is 2.75 bits per heavy atom. The summed E-state index contributed by atoms with van der Waals surface area (Å²) in [6, 6.07) is 2.96. The monoisotopic (exact) mass is 279 g/mol. The zero-order chi connectivity index (χ0) is 14.4. The molecular weight excluding hydrogens is 262 g/mol. The van der Waals surface area contributed by atoms with Crippen molar-refractivity contribution in [3.8, 4) is 5.88 Å². The molecule has 2 heterocycles. The molecule has 0 aromatic carbocycles. The van der Waals surface area contributed by atoms with E-state index in [4.69, 9.17) is 10.5 Å².